The Kier molecular flexibility index (Phi) is 4.98. The Morgan fingerprint density at radius 3 is 2.96 bits per heavy atom. The van der Waals surface area contributed by atoms with E-state index in [0.717, 1.165) is 49.5 Å². The maximum absolute atomic E-state index is 13.2. The van der Waals surface area contributed by atoms with Gasteiger partial charge in [0.25, 0.3) is 0 Å². The summed E-state index contributed by atoms with van der Waals surface area (Å²) in [5, 5.41) is 3.39. The summed E-state index contributed by atoms with van der Waals surface area (Å²) in [5.41, 5.74) is 3.69. The van der Waals surface area contributed by atoms with Gasteiger partial charge in [0.15, 0.2) is 0 Å². The molecule has 6 nitrogen and oxygen atoms in total. The van der Waals surface area contributed by atoms with Gasteiger partial charge in [-0.3, -0.25) is 9.78 Å². The van der Waals surface area contributed by atoms with Gasteiger partial charge in [0.2, 0.25) is 5.78 Å². The number of aromatic amines is 1. The van der Waals surface area contributed by atoms with Crippen LogP contribution in [-0.4, -0.2) is 46.9 Å². The zero-order valence-corrected chi connectivity index (χ0v) is 15.4. The number of carbonyl (C=O) groups excluding carboxylic acids is 1. The number of hydrogen-bond donors (Lipinski definition) is 2. The minimum absolute atomic E-state index is 0. The predicted molar refractivity (Wildman–Crippen MR) is 108 cm³/mol. The van der Waals surface area contributed by atoms with E-state index in [0.29, 0.717) is 17.0 Å². The van der Waals surface area contributed by atoms with E-state index in [-0.39, 0.29) is 7.21 Å². The highest BCUT2D eigenvalue weighted by Crippen LogP contribution is 2.22. The molecule has 4 rings (SSSR count). The Hall–Kier alpha value is -2.99. The Labute approximate surface area is 160 Å². The Bertz CT molecular complexity index is 934. The molecule has 1 saturated heterocycles. The predicted octanol–water partition coefficient (Wildman–Crippen LogP) is 3.06. The van der Waals surface area contributed by atoms with Gasteiger partial charge in [0.1, 0.15) is 11.5 Å². The van der Waals surface area contributed by atoms with Gasteiger partial charge in [-0.1, -0.05) is 6.07 Å². The number of aromatic nitrogens is 3. The first-order valence-electron chi connectivity index (χ1n) is 9.29. The Morgan fingerprint density at radius 2 is 2.11 bits per heavy atom. The van der Waals surface area contributed by atoms with Gasteiger partial charge in [-0.25, -0.2) is 4.98 Å². The molecule has 0 saturated carbocycles. The second-order valence-electron chi connectivity index (χ2n) is 6.76. The molecule has 27 heavy (non-hydrogen) atoms. The largest absolute Gasteiger partial charge is 0.367 e. The van der Waals surface area contributed by atoms with Gasteiger partial charge in [0.05, 0.1) is 0 Å². The van der Waals surface area contributed by atoms with Crippen molar-refractivity contribution < 1.29 is 6.22 Å². The quantitative estimate of drug-likeness (QED) is 0.697. The number of hydrogen-bond acceptors (Lipinski definition) is 5. The lowest BCUT2D eigenvalue weighted by atomic mass is 10.0. The number of pyridine rings is 2. The lowest BCUT2D eigenvalue weighted by Gasteiger charge is -2.21. The maximum Gasteiger partial charge on any atom is 0.213 e. The molecule has 3 aromatic rings. The fourth-order valence-corrected chi connectivity index (χ4v) is 3.36. The number of carbonyl (C=O) groups is 1. The molecule has 1 aliphatic rings. The molecule has 0 amide bonds. The second kappa shape index (κ2) is 7.72. The summed E-state index contributed by atoms with van der Waals surface area (Å²) in [4.78, 5) is 27.5. The molecule has 6 heteroatoms. The van der Waals surface area contributed by atoms with E-state index in [1.54, 1.807) is 12.3 Å². The molecule has 0 aliphatic carbocycles. The minimum atomic E-state index is -0.0906. The SMILES string of the molecule is Cc1ncc(-c2cc[nH]c2)cc1C(=O)c1cccc(N2CCCNCC2)n1.[HH]. The third-order valence-corrected chi connectivity index (χ3v) is 4.89. The van der Waals surface area contributed by atoms with E-state index in [9.17, 15) is 4.79 Å². The molecule has 0 unspecified atom stereocenters. The number of rotatable bonds is 4. The second-order valence-corrected chi connectivity index (χ2v) is 6.76. The average molecular weight is 363 g/mol. The summed E-state index contributed by atoms with van der Waals surface area (Å²) in [6, 6.07) is 9.53. The summed E-state index contributed by atoms with van der Waals surface area (Å²) in [6.45, 7) is 5.65. The number of nitrogens with zero attached hydrogens (tertiary/aromatic N) is 3. The molecule has 2 N–H and O–H groups in total. The minimum Gasteiger partial charge on any atom is -0.367 e. The summed E-state index contributed by atoms with van der Waals surface area (Å²) in [5.74, 6) is 0.768. The zero-order valence-electron chi connectivity index (χ0n) is 15.4. The molecular formula is C21H25N5O. The van der Waals surface area contributed by atoms with Crippen LogP contribution in [0.1, 0.15) is 29.6 Å². The molecule has 1 aliphatic heterocycles. The molecular weight excluding hydrogens is 338 g/mol. The van der Waals surface area contributed by atoms with Crippen molar-refractivity contribution in [3.63, 3.8) is 0 Å². The first kappa shape index (κ1) is 17.4. The van der Waals surface area contributed by atoms with Gasteiger partial charge in [-0.2, -0.15) is 0 Å². The topological polar surface area (TPSA) is 73.9 Å². The van der Waals surface area contributed by atoms with Crippen molar-refractivity contribution in [1.29, 1.82) is 0 Å². The Morgan fingerprint density at radius 1 is 1.19 bits per heavy atom. The normalized spacial score (nSPS) is 14.8. The van der Waals surface area contributed by atoms with Crippen LogP contribution in [0.2, 0.25) is 0 Å². The standard InChI is InChI=1S/C21H23N5O.H2/c1-15-18(12-17(14-24-15)16-6-8-23-13-16)21(27)19-4-2-5-20(25-19)26-10-3-7-22-9-11-26;/h2,4-6,8,12-14,22-23H,3,7,9-11H2,1H3;1H. The van der Waals surface area contributed by atoms with Gasteiger partial charge >= 0.3 is 0 Å². The number of nitrogens with one attached hydrogen (secondary N) is 2. The van der Waals surface area contributed by atoms with E-state index in [4.69, 9.17) is 0 Å². The van der Waals surface area contributed by atoms with Crippen LogP contribution in [0.3, 0.4) is 0 Å². The monoisotopic (exact) mass is 363 g/mol. The highest BCUT2D eigenvalue weighted by atomic mass is 16.1. The lowest BCUT2D eigenvalue weighted by Crippen LogP contribution is -2.29. The van der Waals surface area contributed by atoms with Crippen molar-refractivity contribution in [3.05, 3.63) is 65.9 Å². The molecule has 3 aromatic heterocycles. The molecule has 0 atom stereocenters. The molecule has 4 heterocycles. The molecule has 140 valence electrons. The van der Waals surface area contributed by atoms with E-state index < -0.39 is 0 Å². The summed E-state index contributed by atoms with van der Waals surface area (Å²) in [7, 11) is 0. The van der Waals surface area contributed by atoms with E-state index >= 15 is 0 Å². The lowest BCUT2D eigenvalue weighted by molar-refractivity contribution is 0.103. The van der Waals surface area contributed by atoms with Crippen LogP contribution in [0.4, 0.5) is 5.82 Å². The van der Waals surface area contributed by atoms with Crippen molar-refractivity contribution in [1.82, 2.24) is 20.3 Å². The number of anilines is 1. The number of aryl methyl sites for hydroxylation is 1. The molecule has 0 aromatic carbocycles. The van der Waals surface area contributed by atoms with Crippen molar-refractivity contribution in [2.75, 3.05) is 31.1 Å². The third-order valence-electron chi connectivity index (χ3n) is 4.89. The fraction of sp³-hybridized carbons (Fsp3) is 0.286. The zero-order chi connectivity index (χ0) is 18.6. The highest BCUT2D eigenvalue weighted by Gasteiger charge is 2.18. The van der Waals surface area contributed by atoms with Crippen molar-refractivity contribution in [2.24, 2.45) is 0 Å². The first-order valence-corrected chi connectivity index (χ1v) is 9.29. The Balaban J connectivity index is 0.00000225. The number of ketones is 1. The van der Waals surface area contributed by atoms with E-state index in [1.807, 2.05) is 43.6 Å². The third kappa shape index (κ3) is 3.75. The van der Waals surface area contributed by atoms with Gasteiger partial charge in [-0.05, 0) is 44.2 Å². The van der Waals surface area contributed by atoms with Crippen molar-refractivity contribution in [2.45, 2.75) is 13.3 Å². The van der Waals surface area contributed by atoms with Crippen LogP contribution in [0, 0.1) is 6.92 Å². The van der Waals surface area contributed by atoms with Crippen LogP contribution in [0.15, 0.2) is 48.9 Å². The van der Waals surface area contributed by atoms with Crippen molar-refractivity contribution >= 4 is 11.6 Å². The molecule has 0 bridgehead atoms. The van der Waals surface area contributed by atoms with Gasteiger partial charge in [0, 0.05) is 62.0 Å². The van der Waals surface area contributed by atoms with Gasteiger partial charge < -0.3 is 15.2 Å². The smallest absolute Gasteiger partial charge is 0.213 e. The van der Waals surface area contributed by atoms with Crippen LogP contribution >= 0.6 is 0 Å². The number of H-pyrrole nitrogens is 1. The van der Waals surface area contributed by atoms with Crippen LogP contribution < -0.4 is 10.2 Å². The highest BCUT2D eigenvalue weighted by molar-refractivity contribution is 6.09. The maximum atomic E-state index is 13.2. The van der Waals surface area contributed by atoms with Crippen LogP contribution in [0.25, 0.3) is 11.1 Å². The summed E-state index contributed by atoms with van der Waals surface area (Å²) >= 11 is 0. The summed E-state index contributed by atoms with van der Waals surface area (Å²) in [6.07, 6.45) is 6.62. The molecule has 1 fully saturated rings. The fourth-order valence-electron chi connectivity index (χ4n) is 3.36. The van der Waals surface area contributed by atoms with Gasteiger partial charge in [-0.15, -0.1) is 0 Å². The van der Waals surface area contributed by atoms with Crippen LogP contribution in [0.5, 0.6) is 0 Å². The first-order chi connectivity index (χ1) is 13.2. The van der Waals surface area contributed by atoms with E-state index in [2.05, 4.69) is 25.2 Å². The van der Waals surface area contributed by atoms with E-state index in [1.165, 1.54) is 0 Å². The van der Waals surface area contributed by atoms with Crippen LogP contribution in [-0.2, 0) is 0 Å². The van der Waals surface area contributed by atoms with Crippen molar-refractivity contribution in [3.8, 4) is 11.1 Å². The molecule has 0 spiro atoms. The molecule has 0 radical (unpaired) electrons. The average Bonchev–Trinajstić information content (AvgIpc) is 3.10. The summed E-state index contributed by atoms with van der Waals surface area (Å²) < 4.78 is 0.